The first-order chi connectivity index (χ1) is 26.1. The first kappa shape index (κ1) is 40.0. The van der Waals surface area contributed by atoms with Gasteiger partial charge in [0.05, 0.1) is 23.8 Å². The van der Waals surface area contributed by atoms with Gasteiger partial charge in [0.25, 0.3) is 11.8 Å². The zero-order valence-electron chi connectivity index (χ0n) is 28.8. The van der Waals surface area contributed by atoms with Gasteiger partial charge in [0.1, 0.15) is 20.5 Å². The van der Waals surface area contributed by atoms with Crippen LogP contribution in [0.2, 0.25) is 20.1 Å². The molecule has 0 spiro atoms. The number of benzene rings is 4. The van der Waals surface area contributed by atoms with Gasteiger partial charge in [0, 0.05) is 41.9 Å². The number of carbonyl (C=O) groups is 3. The Balaban J connectivity index is 0.000000169. The van der Waals surface area contributed by atoms with Crippen molar-refractivity contribution in [2.45, 2.75) is 37.8 Å². The summed E-state index contributed by atoms with van der Waals surface area (Å²) < 4.78 is 6.51. The van der Waals surface area contributed by atoms with E-state index in [-0.39, 0.29) is 11.8 Å². The second-order valence-corrected chi connectivity index (χ2v) is 18.0. The molecule has 0 unspecified atom stereocenters. The molecular formula is C39H27Br2Cl4IN6O3. The molecule has 2 aliphatic rings. The van der Waals surface area contributed by atoms with Crippen molar-refractivity contribution in [3.05, 3.63) is 147 Å². The number of aromatic nitrogens is 4. The second kappa shape index (κ2) is 15.6. The summed E-state index contributed by atoms with van der Waals surface area (Å²) in [7, 11) is 0. The summed E-state index contributed by atoms with van der Waals surface area (Å²) in [6, 6.07) is 25.7. The lowest BCUT2D eigenvalue weighted by molar-refractivity contribution is -0.124. The van der Waals surface area contributed by atoms with Gasteiger partial charge >= 0.3 is 0 Å². The number of rotatable bonds is 7. The molecule has 2 amide bonds. The maximum atomic E-state index is 13.6. The van der Waals surface area contributed by atoms with Crippen molar-refractivity contribution < 1.29 is 14.4 Å². The molecule has 280 valence electrons. The number of amides is 2. The minimum absolute atomic E-state index is 0.0650. The van der Waals surface area contributed by atoms with Gasteiger partial charge in [-0.15, -0.1) is 0 Å². The number of anilines is 4. The Morgan fingerprint density at radius 3 is 1.44 bits per heavy atom. The van der Waals surface area contributed by atoms with Crippen LogP contribution in [0.4, 0.5) is 23.3 Å². The lowest BCUT2D eigenvalue weighted by atomic mass is 9.91. The van der Waals surface area contributed by atoms with Gasteiger partial charge in [-0.3, -0.25) is 23.5 Å². The highest BCUT2D eigenvalue weighted by molar-refractivity contribution is 14.1. The van der Waals surface area contributed by atoms with Crippen LogP contribution >= 0.6 is 101 Å². The van der Waals surface area contributed by atoms with E-state index in [2.05, 4.69) is 64.4 Å². The van der Waals surface area contributed by atoms with E-state index in [0.717, 1.165) is 23.8 Å². The molecule has 0 radical (unpaired) electrons. The Morgan fingerprint density at radius 2 is 1.02 bits per heavy atom. The summed E-state index contributed by atoms with van der Waals surface area (Å²) in [6.07, 6.45) is 4.88. The molecule has 4 heterocycles. The Hall–Kier alpha value is -3.24. The van der Waals surface area contributed by atoms with Crippen molar-refractivity contribution >= 4 is 142 Å². The smallest absolute Gasteiger partial charge is 0.260 e. The molecule has 6 aromatic rings. The highest BCUT2D eigenvalue weighted by Crippen LogP contribution is 2.45. The monoisotopic (exact) mass is 1050 g/mol. The highest BCUT2D eigenvalue weighted by atomic mass is 127. The summed E-state index contributed by atoms with van der Waals surface area (Å²) >= 11 is 33.7. The zero-order valence-corrected chi connectivity index (χ0v) is 37.1. The molecule has 0 bridgehead atoms. The van der Waals surface area contributed by atoms with Gasteiger partial charge in [-0.1, -0.05) is 103 Å². The van der Waals surface area contributed by atoms with Crippen molar-refractivity contribution in [2.75, 3.05) is 9.80 Å². The number of hydrogen-bond donors (Lipinski definition) is 0. The number of fused-ring (bicyclic) bond motifs is 2. The van der Waals surface area contributed by atoms with Crippen LogP contribution in [-0.2, 0) is 33.5 Å². The fourth-order valence-electron chi connectivity index (χ4n) is 7.00. The molecule has 8 rings (SSSR count). The van der Waals surface area contributed by atoms with Gasteiger partial charge in [0.2, 0.25) is 11.9 Å². The number of aldehydes is 1. The van der Waals surface area contributed by atoms with Crippen LogP contribution in [0.3, 0.4) is 0 Å². The molecule has 0 saturated heterocycles. The second-order valence-electron chi connectivity index (χ2n) is 13.3. The maximum absolute atomic E-state index is 13.6. The molecule has 9 nitrogen and oxygen atoms in total. The average molecular weight is 1060 g/mol. The number of nitrogens with zero attached hydrogens (tertiary/aromatic N) is 6. The Morgan fingerprint density at radius 1 is 0.636 bits per heavy atom. The van der Waals surface area contributed by atoms with Gasteiger partial charge in [-0.05, 0) is 108 Å². The number of hydrogen-bond acceptors (Lipinski definition) is 5. The molecule has 2 aromatic heterocycles. The van der Waals surface area contributed by atoms with Gasteiger partial charge in [-0.2, -0.15) is 0 Å². The minimum Gasteiger partial charge on any atom is -0.296 e. The fraction of sp³-hybridized carbons (Fsp3) is 0.154. The molecule has 0 saturated carbocycles. The third-order valence-corrected chi connectivity index (χ3v) is 12.1. The first-order valence-corrected chi connectivity index (χ1v) is 20.7. The third-order valence-electron chi connectivity index (χ3n) is 9.44. The molecule has 16 heteroatoms. The van der Waals surface area contributed by atoms with Crippen molar-refractivity contribution in [3.63, 3.8) is 0 Å². The molecule has 0 aliphatic carbocycles. The Bertz CT molecular complexity index is 2460. The Kier molecular flexibility index (Phi) is 11.3. The van der Waals surface area contributed by atoms with E-state index in [1.54, 1.807) is 52.1 Å². The maximum Gasteiger partial charge on any atom is 0.260 e. The van der Waals surface area contributed by atoms with Crippen LogP contribution in [0.5, 0.6) is 0 Å². The lowest BCUT2D eigenvalue weighted by Crippen LogP contribution is -2.41. The zero-order chi connectivity index (χ0) is 39.4. The SMILES string of the molecule is C[C@@]1(Cc2ccc(Br)cc2)C(=O)N(c2cc(Cl)cc(Cl)c2)c2ncc(C=O)n21.C[C@@]1(Cc2ccc(Br)cc2)C(=O)N(c2cc(Cl)cc(Cl)c2)c2ncc(I)n21. The molecule has 55 heavy (non-hydrogen) atoms. The van der Waals surface area contributed by atoms with Crippen LogP contribution in [-0.4, -0.2) is 37.2 Å². The van der Waals surface area contributed by atoms with E-state index >= 15 is 0 Å². The lowest BCUT2D eigenvalue weighted by Gasteiger charge is -2.26. The third kappa shape index (κ3) is 7.51. The predicted octanol–water partition coefficient (Wildman–Crippen LogP) is 11.6. The van der Waals surface area contributed by atoms with E-state index in [1.807, 2.05) is 66.9 Å². The van der Waals surface area contributed by atoms with Crippen LogP contribution in [0, 0.1) is 3.70 Å². The summed E-state index contributed by atoms with van der Waals surface area (Å²) in [4.78, 5) is 50.6. The van der Waals surface area contributed by atoms with Crippen molar-refractivity contribution in [1.82, 2.24) is 19.1 Å². The quantitative estimate of drug-likeness (QED) is 0.117. The topological polar surface area (TPSA) is 93.3 Å². The number of halogens is 7. The largest absolute Gasteiger partial charge is 0.296 e. The predicted molar refractivity (Wildman–Crippen MR) is 233 cm³/mol. The van der Waals surface area contributed by atoms with Crippen molar-refractivity contribution in [3.8, 4) is 0 Å². The van der Waals surface area contributed by atoms with E-state index in [0.29, 0.717) is 68.2 Å². The number of carbonyl (C=O) groups excluding carboxylic acids is 3. The van der Waals surface area contributed by atoms with E-state index in [4.69, 9.17) is 46.4 Å². The molecular weight excluding hydrogens is 1030 g/mol. The summed E-state index contributed by atoms with van der Waals surface area (Å²) in [5.41, 5.74) is 1.65. The van der Waals surface area contributed by atoms with E-state index in [1.165, 1.54) is 11.1 Å². The van der Waals surface area contributed by atoms with Gasteiger partial charge in [-0.25, -0.2) is 19.8 Å². The first-order valence-electron chi connectivity index (χ1n) is 16.5. The Labute approximate surface area is 366 Å². The minimum atomic E-state index is -1.02. The van der Waals surface area contributed by atoms with Crippen molar-refractivity contribution in [2.24, 2.45) is 0 Å². The normalized spacial score (nSPS) is 18.6. The fourth-order valence-corrected chi connectivity index (χ4v) is 9.45. The molecule has 0 fully saturated rings. The van der Waals surface area contributed by atoms with Crippen LogP contribution in [0.25, 0.3) is 0 Å². The highest BCUT2D eigenvalue weighted by Gasteiger charge is 2.51. The van der Waals surface area contributed by atoms with Gasteiger partial charge < -0.3 is 0 Å². The molecule has 2 atom stereocenters. The summed E-state index contributed by atoms with van der Waals surface area (Å²) in [5, 5.41) is 1.76. The van der Waals surface area contributed by atoms with Crippen LogP contribution in [0.1, 0.15) is 35.5 Å². The molecule has 2 aliphatic heterocycles. The standard InChI is InChI=1S/C20H14BrCl2N3O2.C19H13BrCl2IN3O/c1-20(9-12-2-4-13(21)5-3-12)18(28)25(16-7-14(22)6-15(23)8-16)19-24-10-17(11-27)26(19)20;1-19(9-11-2-4-12(20)5-3-11)17(27)25(18-24-10-16(23)26(18)19)15-7-13(21)6-14(22)8-15/h2-8,10-11H,9H2,1H3;2-8,10H,9H2,1H3/t20-;19-/m11/s1. The number of imidazole rings is 2. The summed E-state index contributed by atoms with van der Waals surface area (Å²) in [6.45, 7) is 3.75. The summed E-state index contributed by atoms with van der Waals surface area (Å²) in [5.74, 6) is 0.664. The average Bonchev–Trinajstić information content (AvgIpc) is 3.83. The van der Waals surface area contributed by atoms with Crippen LogP contribution in [0.15, 0.2) is 106 Å². The van der Waals surface area contributed by atoms with E-state index in [9.17, 15) is 14.4 Å². The van der Waals surface area contributed by atoms with Gasteiger partial charge in [0.15, 0.2) is 6.29 Å². The molecule has 0 N–H and O–H groups in total. The van der Waals surface area contributed by atoms with E-state index < -0.39 is 11.1 Å². The van der Waals surface area contributed by atoms with Crippen molar-refractivity contribution in [1.29, 1.82) is 0 Å². The van der Waals surface area contributed by atoms with Crippen LogP contribution < -0.4 is 9.80 Å². The molecule has 4 aromatic carbocycles.